The Hall–Kier alpha value is -0.900. The third kappa shape index (κ3) is 2.42. The highest BCUT2D eigenvalue weighted by molar-refractivity contribution is 9.10. The maximum Gasteiger partial charge on any atom is 0.314 e. The van der Waals surface area contributed by atoms with E-state index in [9.17, 15) is 14.3 Å². The summed E-state index contributed by atoms with van der Waals surface area (Å²) in [6.07, 6.45) is 2.73. The second-order valence-corrected chi connectivity index (χ2v) is 6.47. The Morgan fingerprint density at radius 1 is 1.37 bits per heavy atom. The van der Waals surface area contributed by atoms with Crippen LogP contribution in [0.4, 0.5) is 4.39 Å². The van der Waals surface area contributed by atoms with Crippen LogP contribution in [0.3, 0.4) is 0 Å². The lowest BCUT2D eigenvalue weighted by atomic mass is 9.77. The molecule has 1 aliphatic carbocycles. The molecule has 0 unspecified atom stereocenters. The van der Waals surface area contributed by atoms with Gasteiger partial charge in [-0.1, -0.05) is 32.8 Å². The van der Waals surface area contributed by atoms with Crippen LogP contribution in [-0.2, 0) is 10.2 Å². The molecule has 0 aliphatic heterocycles. The van der Waals surface area contributed by atoms with Crippen molar-refractivity contribution in [2.45, 2.75) is 50.9 Å². The van der Waals surface area contributed by atoms with Gasteiger partial charge >= 0.3 is 5.97 Å². The highest BCUT2D eigenvalue weighted by atomic mass is 79.9. The minimum absolute atomic E-state index is 0.239. The minimum Gasteiger partial charge on any atom is -0.481 e. The summed E-state index contributed by atoms with van der Waals surface area (Å²) < 4.78 is 14.8. The zero-order valence-electron chi connectivity index (χ0n) is 11.2. The first-order valence-corrected chi connectivity index (χ1v) is 7.40. The first kappa shape index (κ1) is 14.5. The van der Waals surface area contributed by atoms with Gasteiger partial charge in [0.05, 0.1) is 9.89 Å². The summed E-state index contributed by atoms with van der Waals surface area (Å²) >= 11 is 3.22. The normalized spacial score (nSPS) is 17.9. The molecular weight excluding hydrogens is 311 g/mol. The Bertz CT molecular complexity index is 505. The number of rotatable bonds is 3. The van der Waals surface area contributed by atoms with E-state index in [4.69, 9.17) is 0 Å². The molecule has 0 heterocycles. The fourth-order valence-corrected chi connectivity index (χ4v) is 3.35. The monoisotopic (exact) mass is 328 g/mol. The van der Waals surface area contributed by atoms with Gasteiger partial charge in [0.1, 0.15) is 5.82 Å². The number of halogens is 2. The number of carboxylic acids is 1. The molecular formula is C15H18BrFO2. The maximum absolute atomic E-state index is 14.4. The molecule has 0 radical (unpaired) electrons. The number of hydrogen-bond acceptors (Lipinski definition) is 1. The molecule has 4 heteroatoms. The summed E-state index contributed by atoms with van der Waals surface area (Å²) in [4.78, 5) is 11.7. The van der Waals surface area contributed by atoms with Crippen molar-refractivity contribution in [3.63, 3.8) is 0 Å². The van der Waals surface area contributed by atoms with Gasteiger partial charge in [-0.2, -0.15) is 0 Å². The predicted molar refractivity (Wildman–Crippen MR) is 76.0 cm³/mol. The van der Waals surface area contributed by atoms with Crippen LogP contribution < -0.4 is 0 Å². The average molecular weight is 329 g/mol. The lowest BCUT2D eigenvalue weighted by Crippen LogP contribution is -2.34. The SMILES string of the molecule is CC(C)c1cc(Br)c(F)c(C2(C(=O)O)CCCC2)c1. The van der Waals surface area contributed by atoms with Crippen LogP contribution in [-0.4, -0.2) is 11.1 Å². The summed E-state index contributed by atoms with van der Waals surface area (Å²) in [6, 6.07) is 3.48. The Morgan fingerprint density at radius 3 is 2.42 bits per heavy atom. The third-order valence-electron chi connectivity index (χ3n) is 4.10. The number of hydrogen-bond donors (Lipinski definition) is 1. The minimum atomic E-state index is -1.04. The van der Waals surface area contributed by atoms with E-state index < -0.39 is 17.2 Å². The van der Waals surface area contributed by atoms with Crippen molar-refractivity contribution in [3.8, 4) is 0 Å². The molecule has 1 aliphatic rings. The Balaban J connectivity index is 2.63. The van der Waals surface area contributed by atoms with Crippen LogP contribution in [0.5, 0.6) is 0 Å². The first-order chi connectivity index (χ1) is 8.88. The van der Waals surface area contributed by atoms with E-state index in [0.717, 1.165) is 18.4 Å². The number of carboxylic acid groups (broad SMARTS) is 1. The molecule has 19 heavy (non-hydrogen) atoms. The number of carbonyl (C=O) groups is 1. The summed E-state index contributed by atoms with van der Waals surface area (Å²) in [5.74, 6) is -1.09. The van der Waals surface area contributed by atoms with E-state index in [1.54, 1.807) is 12.1 Å². The van der Waals surface area contributed by atoms with Gasteiger partial charge in [0.2, 0.25) is 0 Å². The second kappa shape index (κ2) is 5.23. The molecule has 2 rings (SSSR count). The van der Waals surface area contributed by atoms with E-state index in [1.165, 1.54) is 0 Å². The van der Waals surface area contributed by atoms with Crippen molar-refractivity contribution in [2.24, 2.45) is 0 Å². The van der Waals surface area contributed by atoms with E-state index in [-0.39, 0.29) is 5.92 Å². The van der Waals surface area contributed by atoms with E-state index >= 15 is 0 Å². The van der Waals surface area contributed by atoms with Gasteiger partial charge in [0.25, 0.3) is 0 Å². The molecule has 1 aromatic rings. The number of benzene rings is 1. The summed E-state index contributed by atoms with van der Waals surface area (Å²) in [6.45, 7) is 4.04. The van der Waals surface area contributed by atoms with Crippen molar-refractivity contribution in [1.82, 2.24) is 0 Å². The molecule has 0 saturated heterocycles. The van der Waals surface area contributed by atoms with Crippen LogP contribution in [0.15, 0.2) is 16.6 Å². The predicted octanol–water partition coefficient (Wildman–Crippen LogP) is 4.61. The number of aliphatic carboxylic acids is 1. The van der Waals surface area contributed by atoms with Crippen LogP contribution in [0.1, 0.15) is 56.6 Å². The molecule has 1 N–H and O–H groups in total. The fraction of sp³-hybridized carbons (Fsp3) is 0.533. The van der Waals surface area contributed by atoms with Crippen molar-refractivity contribution in [3.05, 3.63) is 33.5 Å². The standard InChI is InChI=1S/C15H18BrFO2/c1-9(2)10-7-11(13(17)12(16)8-10)15(14(18)19)5-3-4-6-15/h7-9H,3-6H2,1-2H3,(H,18,19). The van der Waals surface area contributed by atoms with Gasteiger partial charge in [0, 0.05) is 5.56 Å². The molecule has 1 saturated carbocycles. The lowest BCUT2D eigenvalue weighted by molar-refractivity contribution is -0.143. The van der Waals surface area contributed by atoms with Crippen LogP contribution in [0.2, 0.25) is 0 Å². The van der Waals surface area contributed by atoms with Gasteiger partial charge in [0.15, 0.2) is 0 Å². The molecule has 104 valence electrons. The second-order valence-electron chi connectivity index (χ2n) is 5.61. The summed E-state index contributed by atoms with van der Waals surface area (Å²) in [5.41, 5.74) is 0.267. The van der Waals surface area contributed by atoms with Gasteiger partial charge in [-0.25, -0.2) is 4.39 Å². The van der Waals surface area contributed by atoms with E-state index in [0.29, 0.717) is 22.9 Å². The molecule has 0 amide bonds. The summed E-state index contributed by atoms with van der Waals surface area (Å²) in [7, 11) is 0. The topological polar surface area (TPSA) is 37.3 Å². The average Bonchev–Trinajstić information content (AvgIpc) is 2.82. The van der Waals surface area contributed by atoms with Crippen molar-refractivity contribution in [2.75, 3.05) is 0 Å². The van der Waals surface area contributed by atoms with Crippen LogP contribution >= 0.6 is 15.9 Å². The molecule has 1 fully saturated rings. The summed E-state index contributed by atoms with van der Waals surface area (Å²) in [5, 5.41) is 9.58. The van der Waals surface area contributed by atoms with Gasteiger partial charge in [-0.05, 0) is 46.3 Å². The molecule has 1 aromatic carbocycles. The first-order valence-electron chi connectivity index (χ1n) is 6.61. The molecule has 2 nitrogen and oxygen atoms in total. The van der Waals surface area contributed by atoms with E-state index in [1.807, 2.05) is 13.8 Å². The van der Waals surface area contributed by atoms with Crippen molar-refractivity contribution >= 4 is 21.9 Å². The zero-order chi connectivity index (χ0) is 14.2. The van der Waals surface area contributed by atoms with Crippen molar-refractivity contribution in [1.29, 1.82) is 0 Å². The quantitative estimate of drug-likeness (QED) is 0.879. The van der Waals surface area contributed by atoms with Crippen LogP contribution in [0, 0.1) is 5.82 Å². The maximum atomic E-state index is 14.4. The largest absolute Gasteiger partial charge is 0.481 e. The van der Waals surface area contributed by atoms with E-state index in [2.05, 4.69) is 15.9 Å². The Morgan fingerprint density at radius 2 is 1.95 bits per heavy atom. The smallest absolute Gasteiger partial charge is 0.314 e. The molecule has 0 spiro atoms. The Kier molecular flexibility index (Phi) is 4.00. The Labute approximate surface area is 121 Å². The molecule has 0 bridgehead atoms. The molecule has 0 atom stereocenters. The van der Waals surface area contributed by atoms with Gasteiger partial charge in [-0.15, -0.1) is 0 Å². The van der Waals surface area contributed by atoms with Crippen molar-refractivity contribution < 1.29 is 14.3 Å². The highest BCUT2D eigenvalue weighted by Crippen LogP contribution is 2.44. The lowest BCUT2D eigenvalue weighted by Gasteiger charge is -2.26. The molecule has 0 aromatic heterocycles. The third-order valence-corrected chi connectivity index (χ3v) is 4.68. The zero-order valence-corrected chi connectivity index (χ0v) is 12.8. The van der Waals surface area contributed by atoms with Gasteiger partial charge in [-0.3, -0.25) is 4.79 Å². The van der Waals surface area contributed by atoms with Crippen LogP contribution in [0.25, 0.3) is 0 Å². The van der Waals surface area contributed by atoms with Gasteiger partial charge < -0.3 is 5.11 Å². The fourth-order valence-electron chi connectivity index (χ4n) is 2.87. The highest BCUT2D eigenvalue weighted by Gasteiger charge is 2.45.